The SMILES string of the molecule is CCc1cc(SOSc2ccc(O)c(CC)c2)ccc1O. The van der Waals surface area contributed by atoms with E-state index in [0.29, 0.717) is 11.5 Å². The summed E-state index contributed by atoms with van der Waals surface area (Å²) in [6, 6.07) is 10.9. The van der Waals surface area contributed by atoms with E-state index in [2.05, 4.69) is 0 Å². The van der Waals surface area contributed by atoms with Crippen LogP contribution in [0.15, 0.2) is 46.2 Å². The van der Waals surface area contributed by atoms with Gasteiger partial charge in [-0.3, -0.25) is 0 Å². The number of aryl methyl sites for hydroxylation is 2. The minimum Gasteiger partial charge on any atom is -0.508 e. The zero-order valence-corrected chi connectivity index (χ0v) is 13.6. The van der Waals surface area contributed by atoms with Crippen LogP contribution in [0.3, 0.4) is 0 Å². The third-order valence-corrected chi connectivity index (χ3v) is 4.56. The van der Waals surface area contributed by atoms with Crippen molar-refractivity contribution in [3.05, 3.63) is 47.5 Å². The molecule has 0 aliphatic carbocycles. The normalized spacial score (nSPS) is 10.8. The highest BCUT2D eigenvalue weighted by Gasteiger charge is 2.05. The van der Waals surface area contributed by atoms with Crippen LogP contribution in [-0.4, -0.2) is 10.2 Å². The van der Waals surface area contributed by atoms with E-state index in [0.717, 1.165) is 33.8 Å². The third kappa shape index (κ3) is 4.33. The van der Waals surface area contributed by atoms with E-state index in [4.69, 9.17) is 3.63 Å². The van der Waals surface area contributed by atoms with Crippen molar-refractivity contribution < 1.29 is 13.8 Å². The Morgan fingerprint density at radius 1 is 0.810 bits per heavy atom. The standard InChI is InChI=1S/C16H18O3S2/c1-3-11-9-13(5-7-15(11)17)20-19-21-14-6-8-16(18)12(4-2)10-14/h5-10,17-18H,3-4H2,1-2H3. The lowest BCUT2D eigenvalue weighted by atomic mass is 10.1. The first-order valence-electron chi connectivity index (χ1n) is 6.79. The fourth-order valence-corrected chi connectivity index (χ4v) is 3.28. The zero-order valence-electron chi connectivity index (χ0n) is 12.0. The average molecular weight is 322 g/mol. The highest BCUT2D eigenvalue weighted by atomic mass is 32.2. The second-order valence-electron chi connectivity index (χ2n) is 4.52. The molecule has 0 spiro atoms. The van der Waals surface area contributed by atoms with Gasteiger partial charge in [0.1, 0.15) is 11.5 Å². The van der Waals surface area contributed by atoms with Crippen LogP contribution < -0.4 is 0 Å². The molecule has 0 unspecified atom stereocenters. The van der Waals surface area contributed by atoms with Crippen LogP contribution in [0.5, 0.6) is 11.5 Å². The Morgan fingerprint density at radius 2 is 1.24 bits per heavy atom. The minimum absolute atomic E-state index is 0.320. The molecule has 0 aromatic heterocycles. The summed E-state index contributed by atoms with van der Waals surface area (Å²) in [5.41, 5.74) is 1.82. The van der Waals surface area contributed by atoms with E-state index in [1.807, 2.05) is 38.1 Å². The van der Waals surface area contributed by atoms with Gasteiger partial charge in [-0.1, -0.05) is 13.8 Å². The number of aromatic hydroxyl groups is 2. The first kappa shape index (κ1) is 16.1. The maximum absolute atomic E-state index is 9.64. The molecule has 2 N–H and O–H groups in total. The number of phenolic OH excluding ortho intramolecular Hbond substituents is 2. The molecule has 0 heterocycles. The molecule has 3 nitrogen and oxygen atoms in total. The Kier molecular flexibility index (Phi) is 5.85. The van der Waals surface area contributed by atoms with Gasteiger partial charge in [-0.2, -0.15) is 0 Å². The Morgan fingerprint density at radius 3 is 1.62 bits per heavy atom. The van der Waals surface area contributed by atoms with E-state index < -0.39 is 0 Å². The lowest BCUT2D eigenvalue weighted by molar-refractivity contribution is 0.468. The van der Waals surface area contributed by atoms with Crippen LogP contribution in [0.4, 0.5) is 0 Å². The van der Waals surface area contributed by atoms with Crippen LogP contribution in [-0.2, 0) is 16.5 Å². The molecule has 0 fully saturated rings. The molecule has 5 heteroatoms. The summed E-state index contributed by atoms with van der Waals surface area (Å²) in [5.74, 6) is 0.640. The number of rotatable bonds is 6. The molecule has 2 aromatic rings. The summed E-state index contributed by atoms with van der Waals surface area (Å²) in [4.78, 5) is 1.90. The van der Waals surface area contributed by atoms with Crippen molar-refractivity contribution in [2.75, 3.05) is 0 Å². The first-order valence-corrected chi connectivity index (χ1v) is 8.27. The maximum atomic E-state index is 9.64. The second-order valence-corrected chi connectivity index (χ2v) is 6.34. The highest BCUT2D eigenvalue weighted by molar-refractivity contribution is 8.07. The van der Waals surface area contributed by atoms with Crippen LogP contribution in [0.2, 0.25) is 0 Å². The van der Waals surface area contributed by atoms with Gasteiger partial charge in [-0.05, 0) is 60.4 Å². The molecule has 112 valence electrons. The van der Waals surface area contributed by atoms with Gasteiger partial charge in [-0.15, -0.1) is 0 Å². The van der Waals surface area contributed by atoms with Crippen molar-refractivity contribution in [3.63, 3.8) is 0 Å². The third-order valence-electron chi connectivity index (χ3n) is 3.12. The lowest BCUT2D eigenvalue weighted by Crippen LogP contribution is -1.84. The molecule has 2 aromatic carbocycles. The van der Waals surface area contributed by atoms with Crippen molar-refractivity contribution in [2.45, 2.75) is 36.5 Å². The van der Waals surface area contributed by atoms with Crippen molar-refractivity contribution in [2.24, 2.45) is 0 Å². The molecular weight excluding hydrogens is 304 g/mol. The second kappa shape index (κ2) is 7.64. The Bertz CT molecular complexity index is 561. The molecule has 0 saturated heterocycles. The van der Waals surface area contributed by atoms with Gasteiger partial charge in [0.2, 0.25) is 0 Å². The smallest absolute Gasteiger partial charge is 0.118 e. The maximum Gasteiger partial charge on any atom is 0.118 e. The van der Waals surface area contributed by atoms with Crippen LogP contribution in [0, 0.1) is 0 Å². The fraction of sp³-hybridized carbons (Fsp3) is 0.250. The van der Waals surface area contributed by atoms with E-state index in [9.17, 15) is 10.2 Å². The summed E-state index contributed by atoms with van der Waals surface area (Å²) >= 11 is 2.52. The Balaban J connectivity index is 1.95. The van der Waals surface area contributed by atoms with Gasteiger partial charge in [0.25, 0.3) is 0 Å². The van der Waals surface area contributed by atoms with Gasteiger partial charge in [-0.25, -0.2) is 3.63 Å². The molecule has 0 amide bonds. The van der Waals surface area contributed by atoms with Gasteiger partial charge in [0.15, 0.2) is 0 Å². The average Bonchev–Trinajstić information content (AvgIpc) is 2.50. The Labute approximate surface area is 133 Å². The van der Waals surface area contributed by atoms with E-state index in [1.54, 1.807) is 12.1 Å². The van der Waals surface area contributed by atoms with Crippen LogP contribution in [0.25, 0.3) is 0 Å². The van der Waals surface area contributed by atoms with Crippen LogP contribution >= 0.6 is 24.1 Å². The van der Waals surface area contributed by atoms with E-state index >= 15 is 0 Å². The van der Waals surface area contributed by atoms with Crippen molar-refractivity contribution in [1.29, 1.82) is 0 Å². The molecule has 0 bridgehead atoms. The molecule has 0 aliphatic rings. The monoisotopic (exact) mass is 322 g/mol. The molecule has 0 atom stereocenters. The summed E-state index contributed by atoms with van der Waals surface area (Å²) in [7, 11) is 0. The van der Waals surface area contributed by atoms with Gasteiger partial charge in [0.05, 0.1) is 0 Å². The minimum atomic E-state index is 0.320. The fourth-order valence-electron chi connectivity index (χ4n) is 1.89. The number of benzene rings is 2. The molecule has 0 radical (unpaired) electrons. The largest absolute Gasteiger partial charge is 0.508 e. The summed E-state index contributed by atoms with van der Waals surface area (Å²) in [5, 5.41) is 19.3. The summed E-state index contributed by atoms with van der Waals surface area (Å²) < 4.78 is 5.55. The van der Waals surface area contributed by atoms with Gasteiger partial charge >= 0.3 is 0 Å². The number of hydrogen-bond donors (Lipinski definition) is 2. The first-order chi connectivity index (χ1) is 10.1. The highest BCUT2D eigenvalue weighted by Crippen LogP contribution is 2.33. The number of hydrogen-bond acceptors (Lipinski definition) is 5. The predicted octanol–water partition coefficient (Wildman–Crippen LogP) is 4.95. The van der Waals surface area contributed by atoms with Crippen LogP contribution in [0.1, 0.15) is 25.0 Å². The van der Waals surface area contributed by atoms with Gasteiger partial charge in [0, 0.05) is 33.9 Å². The lowest BCUT2D eigenvalue weighted by Gasteiger charge is -2.07. The quantitative estimate of drug-likeness (QED) is 0.737. The summed E-state index contributed by atoms with van der Waals surface area (Å²) in [6.07, 6.45) is 1.57. The Hall–Kier alpha value is -1.30. The molecule has 21 heavy (non-hydrogen) atoms. The van der Waals surface area contributed by atoms with Gasteiger partial charge < -0.3 is 10.2 Å². The van der Waals surface area contributed by atoms with E-state index in [1.165, 1.54) is 24.1 Å². The number of phenols is 2. The zero-order chi connectivity index (χ0) is 15.2. The molecule has 2 rings (SSSR count). The predicted molar refractivity (Wildman–Crippen MR) is 87.8 cm³/mol. The molecular formula is C16H18O3S2. The van der Waals surface area contributed by atoms with Crippen molar-refractivity contribution >= 4 is 24.1 Å². The van der Waals surface area contributed by atoms with Crippen molar-refractivity contribution in [1.82, 2.24) is 0 Å². The molecule has 0 saturated carbocycles. The van der Waals surface area contributed by atoms with Crippen molar-refractivity contribution in [3.8, 4) is 11.5 Å². The molecule has 0 aliphatic heterocycles. The van der Waals surface area contributed by atoms with E-state index in [-0.39, 0.29) is 0 Å². The summed E-state index contributed by atoms with van der Waals surface area (Å²) in [6.45, 7) is 4.00. The topological polar surface area (TPSA) is 49.7 Å².